The van der Waals surface area contributed by atoms with Gasteiger partial charge in [-0.05, 0) is 38.1 Å². The first-order valence-corrected chi connectivity index (χ1v) is 6.86. The molecule has 0 saturated heterocycles. The van der Waals surface area contributed by atoms with Crippen molar-refractivity contribution in [1.82, 2.24) is 19.6 Å². The summed E-state index contributed by atoms with van der Waals surface area (Å²) in [5, 5.41) is 6.78. The SMILES string of the molecule is Cc1cc(C)n2nc(C(=O)Nc3cccc(C(N)=O)c3)nc2n1. The fraction of sp³-hybridized carbons (Fsp3) is 0.133. The zero-order valence-corrected chi connectivity index (χ0v) is 12.6. The molecule has 0 unspecified atom stereocenters. The van der Waals surface area contributed by atoms with Crippen LogP contribution in [0.3, 0.4) is 0 Å². The van der Waals surface area contributed by atoms with Gasteiger partial charge in [0.25, 0.3) is 11.7 Å². The van der Waals surface area contributed by atoms with Gasteiger partial charge in [-0.2, -0.15) is 4.98 Å². The van der Waals surface area contributed by atoms with Gasteiger partial charge in [0.2, 0.25) is 11.7 Å². The summed E-state index contributed by atoms with van der Waals surface area (Å²) < 4.78 is 1.50. The highest BCUT2D eigenvalue weighted by Crippen LogP contribution is 2.12. The molecule has 8 heteroatoms. The van der Waals surface area contributed by atoms with Gasteiger partial charge in [-0.15, -0.1) is 5.10 Å². The Balaban J connectivity index is 1.90. The Morgan fingerprint density at radius 3 is 2.70 bits per heavy atom. The van der Waals surface area contributed by atoms with Crippen molar-refractivity contribution in [2.24, 2.45) is 5.73 Å². The first kappa shape index (κ1) is 14.6. The molecule has 2 aromatic heterocycles. The summed E-state index contributed by atoms with van der Waals surface area (Å²) >= 11 is 0. The second-order valence-electron chi connectivity index (χ2n) is 5.09. The lowest BCUT2D eigenvalue weighted by atomic mass is 10.2. The quantitative estimate of drug-likeness (QED) is 0.751. The molecule has 0 aliphatic carbocycles. The number of benzene rings is 1. The van der Waals surface area contributed by atoms with E-state index in [1.165, 1.54) is 10.6 Å². The molecule has 0 atom stereocenters. The Labute approximate surface area is 131 Å². The largest absolute Gasteiger partial charge is 0.366 e. The van der Waals surface area contributed by atoms with Crippen molar-refractivity contribution in [3.8, 4) is 0 Å². The van der Waals surface area contributed by atoms with E-state index in [0.717, 1.165) is 11.4 Å². The minimum atomic E-state index is -0.567. The number of rotatable bonds is 3. The molecule has 0 spiro atoms. The van der Waals surface area contributed by atoms with E-state index in [1.807, 2.05) is 19.9 Å². The number of carbonyl (C=O) groups is 2. The summed E-state index contributed by atoms with van der Waals surface area (Å²) in [7, 11) is 0. The number of fused-ring (bicyclic) bond motifs is 1. The van der Waals surface area contributed by atoms with E-state index in [4.69, 9.17) is 5.73 Å². The van der Waals surface area contributed by atoms with Crippen LogP contribution in [0.25, 0.3) is 5.78 Å². The van der Waals surface area contributed by atoms with Crippen LogP contribution in [0.5, 0.6) is 0 Å². The number of nitrogens with one attached hydrogen (secondary N) is 1. The second kappa shape index (κ2) is 5.48. The predicted molar refractivity (Wildman–Crippen MR) is 83.2 cm³/mol. The van der Waals surface area contributed by atoms with Crippen LogP contribution in [-0.2, 0) is 0 Å². The molecule has 3 rings (SSSR count). The minimum absolute atomic E-state index is 0.00400. The highest BCUT2D eigenvalue weighted by atomic mass is 16.2. The number of hydrogen-bond acceptors (Lipinski definition) is 5. The molecule has 23 heavy (non-hydrogen) atoms. The van der Waals surface area contributed by atoms with E-state index >= 15 is 0 Å². The van der Waals surface area contributed by atoms with Gasteiger partial charge in [-0.3, -0.25) is 9.59 Å². The molecule has 116 valence electrons. The van der Waals surface area contributed by atoms with Crippen molar-refractivity contribution in [1.29, 1.82) is 0 Å². The Morgan fingerprint density at radius 1 is 1.17 bits per heavy atom. The second-order valence-corrected chi connectivity index (χ2v) is 5.09. The Bertz CT molecular complexity index is 931. The van der Waals surface area contributed by atoms with Crippen molar-refractivity contribution in [2.45, 2.75) is 13.8 Å². The lowest BCUT2D eigenvalue weighted by Crippen LogP contribution is -2.15. The van der Waals surface area contributed by atoms with Crippen molar-refractivity contribution >= 4 is 23.3 Å². The standard InChI is InChI=1S/C15H14N6O2/c1-8-6-9(2)21-15(17-8)19-13(20-21)14(23)18-11-5-3-4-10(7-11)12(16)22/h3-7H,1-2H3,(H2,16,22)(H,18,23). The van der Waals surface area contributed by atoms with Crippen molar-refractivity contribution in [3.63, 3.8) is 0 Å². The van der Waals surface area contributed by atoms with Crippen LogP contribution in [-0.4, -0.2) is 31.4 Å². The number of nitrogens with two attached hydrogens (primary N) is 1. The fourth-order valence-electron chi connectivity index (χ4n) is 2.20. The van der Waals surface area contributed by atoms with Gasteiger partial charge < -0.3 is 11.1 Å². The molecule has 3 N–H and O–H groups in total. The van der Waals surface area contributed by atoms with Gasteiger partial charge in [-0.25, -0.2) is 9.50 Å². The zero-order valence-electron chi connectivity index (χ0n) is 12.6. The molecular weight excluding hydrogens is 296 g/mol. The Kier molecular flexibility index (Phi) is 3.49. The molecule has 0 aliphatic heterocycles. The number of anilines is 1. The molecule has 0 saturated carbocycles. The molecule has 8 nitrogen and oxygen atoms in total. The van der Waals surface area contributed by atoms with E-state index < -0.39 is 11.8 Å². The number of carbonyl (C=O) groups excluding carboxylic acids is 2. The smallest absolute Gasteiger partial charge is 0.295 e. The predicted octanol–water partition coefficient (Wildman–Crippen LogP) is 1.09. The summed E-state index contributed by atoms with van der Waals surface area (Å²) in [4.78, 5) is 31.8. The fourth-order valence-corrected chi connectivity index (χ4v) is 2.20. The molecular formula is C15H14N6O2. The number of amides is 2. The summed E-state index contributed by atoms with van der Waals surface area (Å²) in [6, 6.07) is 8.18. The summed E-state index contributed by atoms with van der Waals surface area (Å²) in [5.74, 6) is -0.703. The van der Waals surface area contributed by atoms with Crippen LogP contribution in [0.15, 0.2) is 30.3 Å². The van der Waals surface area contributed by atoms with Crippen molar-refractivity contribution in [2.75, 3.05) is 5.32 Å². The van der Waals surface area contributed by atoms with Crippen LogP contribution in [0.2, 0.25) is 0 Å². The normalized spacial score (nSPS) is 10.7. The molecule has 0 aliphatic rings. The summed E-state index contributed by atoms with van der Waals surface area (Å²) in [6.07, 6.45) is 0. The summed E-state index contributed by atoms with van der Waals surface area (Å²) in [6.45, 7) is 3.70. The minimum Gasteiger partial charge on any atom is -0.366 e. The third-order valence-corrected chi connectivity index (χ3v) is 3.23. The van der Waals surface area contributed by atoms with Crippen LogP contribution in [0, 0.1) is 13.8 Å². The van der Waals surface area contributed by atoms with E-state index in [1.54, 1.807) is 18.2 Å². The lowest BCUT2D eigenvalue weighted by Gasteiger charge is -2.03. The molecule has 2 amide bonds. The van der Waals surface area contributed by atoms with Gasteiger partial charge >= 0.3 is 0 Å². The lowest BCUT2D eigenvalue weighted by molar-refractivity contribution is 0.0994. The number of hydrogen-bond donors (Lipinski definition) is 2. The topological polar surface area (TPSA) is 115 Å². The Morgan fingerprint density at radius 2 is 1.96 bits per heavy atom. The van der Waals surface area contributed by atoms with E-state index in [2.05, 4.69) is 20.4 Å². The number of primary amides is 1. The monoisotopic (exact) mass is 310 g/mol. The molecule has 3 aromatic rings. The first-order valence-electron chi connectivity index (χ1n) is 6.86. The number of aromatic nitrogens is 4. The molecule has 2 heterocycles. The highest BCUT2D eigenvalue weighted by Gasteiger charge is 2.15. The molecule has 0 bridgehead atoms. The summed E-state index contributed by atoms with van der Waals surface area (Å²) in [5.41, 5.74) is 7.58. The van der Waals surface area contributed by atoms with Crippen LogP contribution < -0.4 is 11.1 Å². The van der Waals surface area contributed by atoms with Gasteiger partial charge in [0.1, 0.15) is 0 Å². The number of nitrogens with zero attached hydrogens (tertiary/aromatic N) is 4. The Hall–Kier alpha value is -3.29. The first-order chi connectivity index (χ1) is 10.9. The van der Waals surface area contributed by atoms with E-state index in [0.29, 0.717) is 17.0 Å². The molecule has 1 aromatic carbocycles. The average molecular weight is 310 g/mol. The van der Waals surface area contributed by atoms with Gasteiger partial charge in [0, 0.05) is 22.6 Å². The van der Waals surface area contributed by atoms with Gasteiger partial charge in [0.15, 0.2) is 0 Å². The molecule has 0 fully saturated rings. The zero-order chi connectivity index (χ0) is 16.6. The van der Waals surface area contributed by atoms with Crippen LogP contribution >= 0.6 is 0 Å². The van der Waals surface area contributed by atoms with Crippen LogP contribution in [0.1, 0.15) is 32.4 Å². The highest BCUT2D eigenvalue weighted by molar-refractivity contribution is 6.02. The maximum absolute atomic E-state index is 12.3. The number of aryl methyl sites for hydroxylation is 2. The van der Waals surface area contributed by atoms with Gasteiger partial charge in [-0.1, -0.05) is 6.07 Å². The van der Waals surface area contributed by atoms with Crippen LogP contribution in [0.4, 0.5) is 5.69 Å². The van der Waals surface area contributed by atoms with E-state index in [-0.39, 0.29) is 5.82 Å². The maximum atomic E-state index is 12.3. The van der Waals surface area contributed by atoms with Gasteiger partial charge in [0.05, 0.1) is 0 Å². The van der Waals surface area contributed by atoms with Crippen molar-refractivity contribution < 1.29 is 9.59 Å². The average Bonchev–Trinajstić information content (AvgIpc) is 2.92. The third-order valence-electron chi connectivity index (χ3n) is 3.23. The maximum Gasteiger partial charge on any atom is 0.295 e. The third kappa shape index (κ3) is 2.86. The van der Waals surface area contributed by atoms with Crippen molar-refractivity contribution in [3.05, 3.63) is 53.1 Å². The van der Waals surface area contributed by atoms with E-state index in [9.17, 15) is 9.59 Å². The molecule has 0 radical (unpaired) electrons.